The largest absolute Gasteiger partial charge is 0.308 e. The fourth-order valence-corrected chi connectivity index (χ4v) is 2.88. The molecule has 0 N–H and O–H groups in total. The number of carbonyl (C=O) groups excluding carboxylic acids is 1. The number of para-hydroxylation sites is 1. The molecule has 3 nitrogen and oxygen atoms in total. The summed E-state index contributed by atoms with van der Waals surface area (Å²) in [5.41, 5.74) is 3.12. The summed E-state index contributed by atoms with van der Waals surface area (Å²) in [6.07, 6.45) is 4.03. The van der Waals surface area contributed by atoms with Crippen molar-refractivity contribution in [3.8, 4) is 0 Å². The molecule has 0 aliphatic carbocycles. The van der Waals surface area contributed by atoms with Crippen LogP contribution in [0.2, 0.25) is 0 Å². The summed E-state index contributed by atoms with van der Waals surface area (Å²) < 4.78 is 0. The lowest BCUT2D eigenvalue weighted by molar-refractivity contribution is -0.119. The van der Waals surface area contributed by atoms with Gasteiger partial charge >= 0.3 is 0 Å². The van der Waals surface area contributed by atoms with Crippen LogP contribution in [0.25, 0.3) is 0 Å². The predicted octanol–water partition coefficient (Wildman–Crippen LogP) is 4.81. The van der Waals surface area contributed by atoms with E-state index in [1.807, 2.05) is 71.8 Å². The van der Waals surface area contributed by atoms with Crippen molar-refractivity contribution in [3.05, 3.63) is 96.3 Å². The van der Waals surface area contributed by atoms with Gasteiger partial charge < -0.3 is 4.90 Å². The molecule has 0 radical (unpaired) electrons. The van der Waals surface area contributed by atoms with E-state index in [0.717, 1.165) is 11.3 Å². The normalized spacial score (nSPS) is 11.7. The van der Waals surface area contributed by atoms with Gasteiger partial charge in [-0.1, -0.05) is 61.5 Å². The summed E-state index contributed by atoms with van der Waals surface area (Å²) >= 11 is 0. The molecule has 3 heteroatoms. The lowest BCUT2D eigenvalue weighted by Crippen LogP contribution is -2.31. The van der Waals surface area contributed by atoms with Crippen LogP contribution in [0, 0.1) is 0 Å². The third kappa shape index (κ3) is 4.54. The number of pyridine rings is 1. The van der Waals surface area contributed by atoms with Crippen molar-refractivity contribution >= 4 is 11.6 Å². The molecule has 0 bridgehead atoms. The van der Waals surface area contributed by atoms with Crippen LogP contribution in [-0.4, -0.2) is 10.9 Å². The minimum Gasteiger partial charge on any atom is -0.308 e. The molecular weight excluding hydrogens is 308 g/mol. The Morgan fingerprint density at radius 2 is 1.64 bits per heavy atom. The minimum atomic E-state index is 0.117. The van der Waals surface area contributed by atoms with E-state index in [1.165, 1.54) is 5.56 Å². The van der Waals surface area contributed by atoms with Gasteiger partial charge in [-0.05, 0) is 35.2 Å². The standard InChI is InChI=1S/C22H22N2O/c1-18(20-10-4-2-5-11-20)15-22(25)24(21-12-6-3-7-13-21)17-19-9-8-14-23-16-19/h2-14,16,18H,15,17H2,1H3. The Balaban J connectivity index is 1.80. The number of carbonyl (C=O) groups is 1. The second-order valence-electron chi connectivity index (χ2n) is 6.19. The van der Waals surface area contributed by atoms with Crippen molar-refractivity contribution in [1.82, 2.24) is 4.98 Å². The molecule has 0 spiro atoms. The molecular formula is C22H22N2O. The average Bonchev–Trinajstić information content (AvgIpc) is 2.68. The van der Waals surface area contributed by atoms with Crippen molar-refractivity contribution < 1.29 is 4.79 Å². The maximum absolute atomic E-state index is 13.0. The highest BCUT2D eigenvalue weighted by molar-refractivity contribution is 5.93. The molecule has 0 aliphatic heterocycles. The van der Waals surface area contributed by atoms with Crippen LogP contribution in [0.1, 0.15) is 30.4 Å². The van der Waals surface area contributed by atoms with E-state index in [4.69, 9.17) is 0 Å². The number of hydrogen-bond donors (Lipinski definition) is 0. The average molecular weight is 330 g/mol. The van der Waals surface area contributed by atoms with Gasteiger partial charge in [-0.3, -0.25) is 9.78 Å². The van der Waals surface area contributed by atoms with Gasteiger partial charge in [0.25, 0.3) is 0 Å². The quantitative estimate of drug-likeness (QED) is 0.650. The van der Waals surface area contributed by atoms with Gasteiger partial charge in [0.2, 0.25) is 5.91 Å². The van der Waals surface area contributed by atoms with E-state index in [0.29, 0.717) is 13.0 Å². The molecule has 1 aromatic heterocycles. The summed E-state index contributed by atoms with van der Waals surface area (Å²) in [5, 5.41) is 0. The number of nitrogens with zero attached hydrogens (tertiary/aromatic N) is 2. The highest BCUT2D eigenvalue weighted by Gasteiger charge is 2.19. The minimum absolute atomic E-state index is 0.117. The molecule has 25 heavy (non-hydrogen) atoms. The van der Waals surface area contributed by atoms with Crippen molar-refractivity contribution in [2.24, 2.45) is 0 Å². The second-order valence-corrected chi connectivity index (χ2v) is 6.19. The van der Waals surface area contributed by atoms with Gasteiger partial charge in [-0.2, -0.15) is 0 Å². The first-order chi connectivity index (χ1) is 12.2. The lowest BCUT2D eigenvalue weighted by Gasteiger charge is -2.24. The number of amides is 1. The molecule has 0 saturated heterocycles. The Kier molecular flexibility index (Phi) is 5.57. The summed E-state index contributed by atoms with van der Waals surface area (Å²) in [4.78, 5) is 19.0. The molecule has 1 atom stereocenters. The highest BCUT2D eigenvalue weighted by Crippen LogP contribution is 2.23. The number of anilines is 1. The Morgan fingerprint density at radius 1 is 0.960 bits per heavy atom. The van der Waals surface area contributed by atoms with E-state index < -0.39 is 0 Å². The van der Waals surface area contributed by atoms with Crippen LogP contribution in [0.3, 0.4) is 0 Å². The smallest absolute Gasteiger partial charge is 0.227 e. The first-order valence-electron chi connectivity index (χ1n) is 8.53. The molecule has 3 aromatic rings. The van der Waals surface area contributed by atoms with E-state index in [2.05, 4.69) is 24.0 Å². The summed E-state index contributed by atoms with van der Waals surface area (Å²) in [7, 11) is 0. The molecule has 1 heterocycles. The van der Waals surface area contributed by atoms with Gasteiger partial charge in [-0.25, -0.2) is 0 Å². The summed E-state index contributed by atoms with van der Waals surface area (Å²) in [6.45, 7) is 2.62. The van der Waals surface area contributed by atoms with Crippen molar-refractivity contribution in [2.75, 3.05) is 4.90 Å². The van der Waals surface area contributed by atoms with Gasteiger partial charge in [0, 0.05) is 24.5 Å². The monoisotopic (exact) mass is 330 g/mol. The maximum atomic E-state index is 13.0. The Hall–Kier alpha value is -2.94. The SMILES string of the molecule is CC(CC(=O)N(Cc1cccnc1)c1ccccc1)c1ccccc1. The van der Waals surface area contributed by atoms with Crippen molar-refractivity contribution in [3.63, 3.8) is 0 Å². The van der Waals surface area contributed by atoms with Gasteiger partial charge in [0.05, 0.1) is 6.54 Å². The van der Waals surface area contributed by atoms with Crippen molar-refractivity contribution in [2.45, 2.75) is 25.8 Å². The van der Waals surface area contributed by atoms with E-state index >= 15 is 0 Å². The predicted molar refractivity (Wildman–Crippen MR) is 101 cm³/mol. The highest BCUT2D eigenvalue weighted by atomic mass is 16.2. The number of benzene rings is 2. The van der Waals surface area contributed by atoms with E-state index in [1.54, 1.807) is 6.20 Å². The Labute approximate surface area is 149 Å². The lowest BCUT2D eigenvalue weighted by atomic mass is 9.97. The van der Waals surface area contributed by atoms with Gasteiger partial charge in [0.1, 0.15) is 0 Å². The Morgan fingerprint density at radius 3 is 2.28 bits per heavy atom. The van der Waals surface area contributed by atoms with Crippen LogP contribution in [0.5, 0.6) is 0 Å². The first kappa shape index (κ1) is 16.9. The first-order valence-corrected chi connectivity index (χ1v) is 8.53. The van der Waals surface area contributed by atoms with E-state index in [9.17, 15) is 4.79 Å². The second kappa shape index (κ2) is 8.25. The molecule has 1 amide bonds. The molecule has 2 aromatic carbocycles. The summed E-state index contributed by atoms with van der Waals surface area (Å²) in [5.74, 6) is 0.292. The Bertz CT molecular complexity index is 788. The number of hydrogen-bond acceptors (Lipinski definition) is 2. The van der Waals surface area contributed by atoms with Crippen LogP contribution in [0.4, 0.5) is 5.69 Å². The summed E-state index contributed by atoms with van der Waals surface area (Å²) in [6, 6.07) is 23.9. The molecule has 0 fully saturated rings. The molecule has 126 valence electrons. The third-order valence-electron chi connectivity index (χ3n) is 4.28. The van der Waals surface area contributed by atoms with Crippen molar-refractivity contribution in [1.29, 1.82) is 0 Å². The molecule has 3 rings (SSSR count). The molecule has 0 aliphatic rings. The number of aromatic nitrogens is 1. The zero-order valence-electron chi connectivity index (χ0n) is 14.4. The van der Waals surface area contributed by atoms with Gasteiger partial charge in [0.15, 0.2) is 0 Å². The fourth-order valence-electron chi connectivity index (χ4n) is 2.88. The van der Waals surface area contributed by atoms with E-state index in [-0.39, 0.29) is 11.8 Å². The van der Waals surface area contributed by atoms with Crippen LogP contribution in [0.15, 0.2) is 85.2 Å². The molecule has 1 unspecified atom stereocenters. The topological polar surface area (TPSA) is 33.2 Å². The zero-order valence-corrected chi connectivity index (χ0v) is 14.4. The fraction of sp³-hybridized carbons (Fsp3) is 0.182. The third-order valence-corrected chi connectivity index (χ3v) is 4.28. The molecule has 0 saturated carbocycles. The zero-order chi connectivity index (χ0) is 17.5. The van der Waals surface area contributed by atoms with Crippen LogP contribution >= 0.6 is 0 Å². The van der Waals surface area contributed by atoms with Crippen LogP contribution in [-0.2, 0) is 11.3 Å². The van der Waals surface area contributed by atoms with Gasteiger partial charge in [-0.15, -0.1) is 0 Å². The number of rotatable bonds is 6. The van der Waals surface area contributed by atoms with Crippen LogP contribution < -0.4 is 4.90 Å². The maximum Gasteiger partial charge on any atom is 0.227 e.